The Labute approximate surface area is 53.5 Å². The zero-order chi connectivity index (χ0) is 7.11. The van der Waals surface area contributed by atoms with Gasteiger partial charge in [-0.2, -0.15) is 5.26 Å². The van der Waals surface area contributed by atoms with Gasteiger partial charge in [-0.15, -0.1) is 0 Å². The maximum atomic E-state index is 10.2. The lowest BCUT2D eigenvalue weighted by Gasteiger charge is -1.93. The smallest absolute Gasteiger partial charge is 0.338 e. The fourth-order valence-electron chi connectivity index (χ4n) is 0.240. The Morgan fingerprint density at radius 3 is 2.89 bits per heavy atom. The predicted molar refractivity (Wildman–Crippen MR) is 30.1 cm³/mol. The molecule has 0 fully saturated rings. The summed E-state index contributed by atoms with van der Waals surface area (Å²) in [7, 11) is 0. The standard InChI is InChI=1S/C6H6NO2/c1-2-6(8)9-5-3-4-7/h1,3,5H2. The van der Waals surface area contributed by atoms with Gasteiger partial charge in [0.15, 0.2) is 0 Å². The van der Waals surface area contributed by atoms with Gasteiger partial charge in [0, 0.05) is 0 Å². The van der Waals surface area contributed by atoms with Gasteiger partial charge in [-0.3, -0.25) is 0 Å². The average Bonchev–Trinajstić information content (AvgIpc) is 1.89. The highest BCUT2D eigenvalue weighted by molar-refractivity contribution is 5.76. The summed E-state index contributed by atoms with van der Waals surface area (Å²) in [5.74, 6) is -0.606. The van der Waals surface area contributed by atoms with E-state index < -0.39 is 5.97 Å². The second-order valence-electron chi connectivity index (χ2n) is 1.22. The van der Waals surface area contributed by atoms with Crippen LogP contribution in [0.15, 0.2) is 6.58 Å². The maximum absolute atomic E-state index is 10.2. The normalized spacial score (nSPS) is 7.44. The van der Waals surface area contributed by atoms with Crippen molar-refractivity contribution in [3.63, 3.8) is 0 Å². The number of nitrogens with zero attached hydrogens (tertiary/aromatic N) is 1. The van der Waals surface area contributed by atoms with Crippen LogP contribution in [0.1, 0.15) is 6.42 Å². The van der Waals surface area contributed by atoms with E-state index in [1.807, 2.05) is 12.1 Å². The molecule has 0 unspecified atom stereocenters. The van der Waals surface area contributed by atoms with Crippen molar-refractivity contribution in [3.05, 3.63) is 12.7 Å². The molecular formula is C6H6NO2. The third kappa shape index (κ3) is 4.56. The molecule has 1 radical (unpaired) electrons. The zero-order valence-electron chi connectivity index (χ0n) is 4.89. The number of nitriles is 1. The summed E-state index contributed by atoms with van der Waals surface area (Å²) in [4.78, 5) is 10.2. The van der Waals surface area contributed by atoms with Crippen molar-refractivity contribution < 1.29 is 9.53 Å². The molecule has 0 heterocycles. The van der Waals surface area contributed by atoms with E-state index in [1.165, 1.54) is 0 Å². The van der Waals surface area contributed by atoms with E-state index in [4.69, 9.17) is 5.26 Å². The zero-order valence-corrected chi connectivity index (χ0v) is 4.89. The predicted octanol–water partition coefficient (Wildman–Crippen LogP) is 0.432. The molecule has 0 bridgehead atoms. The lowest BCUT2D eigenvalue weighted by molar-refractivity contribution is -0.138. The van der Waals surface area contributed by atoms with Crippen LogP contribution in [0.5, 0.6) is 0 Å². The van der Waals surface area contributed by atoms with Crippen LogP contribution in [0.2, 0.25) is 0 Å². The molecule has 9 heavy (non-hydrogen) atoms. The minimum absolute atomic E-state index is 0.123. The number of ether oxygens (including phenoxy) is 1. The summed E-state index contributed by atoms with van der Waals surface area (Å²) in [5.41, 5.74) is 0. The molecule has 0 aliphatic carbocycles. The first-order valence-electron chi connectivity index (χ1n) is 2.38. The average molecular weight is 124 g/mol. The Morgan fingerprint density at radius 1 is 1.78 bits per heavy atom. The highest BCUT2D eigenvalue weighted by atomic mass is 16.5. The van der Waals surface area contributed by atoms with Crippen LogP contribution in [0.25, 0.3) is 0 Å². The van der Waals surface area contributed by atoms with Crippen LogP contribution >= 0.6 is 0 Å². The van der Waals surface area contributed by atoms with E-state index >= 15 is 0 Å². The minimum atomic E-state index is -0.606. The molecule has 47 valence electrons. The molecule has 3 heteroatoms. The molecule has 0 amide bonds. The quantitative estimate of drug-likeness (QED) is 0.311. The van der Waals surface area contributed by atoms with Gasteiger partial charge in [-0.1, -0.05) is 6.58 Å². The van der Waals surface area contributed by atoms with Crippen LogP contribution < -0.4 is 0 Å². The van der Waals surface area contributed by atoms with Crippen LogP contribution in [0.3, 0.4) is 0 Å². The third-order valence-corrected chi connectivity index (χ3v) is 0.591. The minimum Gasteiger partial charge on any atom is -0.461 e. The molecule has 0 saturated carbocycles. The second kappa shape index (κ2) is 4.85. The van der Waals surface area contributed by atoms with E-state index in [2.05, 4.69) is 11.3 Å². The number of hydrogen-bond donors (Lipinski definition) is 0. The van der Waals surface area contributed by atoms with Crippen LogP contribution in [0, 0.1) is 17.4 Å². The first kappa shape index (κ1) is 7.70. The first-order chi connectivity index (χ1) is 4.31. The Hall–Kier alpha value is -1.30. The van der Waals surface area contributed by atoms with Crippen LogP contribution in [0.4, 0.5) is 0 Å². The molecule has 0 saturated heterocycles. The Bertz CT molecular complexity index is 146. The van der Waals surface area contributed by atoms with Gasteiger partial charge >= 0.3 is 5.97 Å². The molecule has 0 aromatic heterocycles. The summed E-state index contributed by atoms with van der Waals surface area (Å²) in [5, 5.41) is 7.97. The van der Waals surface area contributed by atoms with E-state index in [1.54, 1.807) is 0 Å². The molecule has 0 aliphatic heterocycles. The summed E-state index contributed by atoms with van der Waals surface area (Å²) in [6.45, 7) is 3.18. The van der Waals surface area contributed by atoms with E-state index in [9.17, 15) is 4.79 Å². The lowest BCUT2D eigenvalue weighted by Crippen LogP contribution is -2.00. The number of rotatable bonds is 3. The highest BCUT2D eigenvalue weighted by Gasteiger charge is 1.92. The third-order valence-electron chi connectivity index (χ3n) is 0.591. The van der Waals surface area contributed by atoms with Gasteiger partial charge in [0.05, 0.1) is 18.6 Å². The van der Waals surface area contributed by atoms with E-state index in [0.29, 0.717) is 0 Å². The van der Waals surface area contributed by atoms with Crippen molar-refractivity contribution in [2.45, 2.75) is 6.42 Å². The molecule has 0 N–H and O–H groups in total. The fourth-order valence-corrected chi connectivity index (χ4v) is 0.240. The monoisotopic (exact) mass is 124 g/mol. The summed E-state index contributed by atoms with van der Waals surface area (Å²) in [6, 6.07) is 1.82. The van der Waals surface area contributed by atoms with Gasteiger partial charge < -0.3 is 4.74 Å². The van der Waals surface area contributed by atoms with Gasteiger partial charge in [0.1, 0.15) is 6.61 Å². The molecule has 3 nitrogen and oxygen atoms in total. The highest BCUT2D eigenvalue weighted by Crippen LogP contribution is 1.80. The Balaban J connectivity index is 3.19. The molecule has 0 spiro atoms. The number of carbonyl (C=O) groups is 1. The number of esters is 1. The van der Waals surface area contributed by atoms with Crippen molar-refractivity contribution in [1.82, 2.24) is 0 Å². The van der Waals surface area contributed by atoms with Crippen molar-refractivity contribution in [1.29, 1.82) is 5.26 Å². The van der Waals surface area contributed by atoms with E-state index in [-0.39, 0.29) is 13.0 Å². The summed E-state index contributed by atoms with van der Waals surface area (Å²) < 4.78 is 4.40. The fraction of sp³-hybridized carbons (Fsp3) is 0.333. The van der Waals surface area contributed by atoms with Gasteiger partial charge in [-0.25, -0.2) is 4.79 Å². The van der Waals surface area contributed by atoms with Crippen LogP contribution in [-0.2, 0) is 9.53 Å². The first-order valence-corrected chi connectivity index (χ1v) is 2.38. The van der Waals surface area contributed by atoms with Crippen LogP contribution in [-0.4, -0.2) is 12.6 Å². The Kier molecular flexibility index (Phi) is 4.15. The summed E-state index contributed by atoms with van der Waals surface area (Å²) in [6.07, 6.45) is 2.22. The molecule has 0 atom stereocenters. The van der Waals surface area contributed by atoms with Gasteiger partial charge in [0.25, 0.3) is 0 Å². The topological polar surface area (TPSA) is 50.1 Å². The molecule has 0 rings (SSSR count). The van der Waals surface area contributed by atoms with Crippen molar-refractivity contribution in [2.75, 3.05) is 6.61 Å². The SMILES string of the molecule is C=[C]C(=O)OCCC#N. The van der Waals surface area contributed by atoms with E-state index in [0.717, 1.165) is 0 Å². The van der Waals surface area contributed by atoms with Gasteiger partial charge in [0.2, 0.25) is 0 Å². The molecule has 0 aromatic rings. The largest absolute Gasteiger partial charge is 0.461 e. The number of carbonyl (C=O) groups excluding carboxylic acids is 1. The lowest BCUT2D eigenvalue weighted by atomic mass is 10.5. The number of hydrogen-bond acceptors (Lipinski definition) is 3. The van der Waals surface area contributed by atoms with Crippen molar-refractivity contribution >= 4 is 5.97 Å². The van der Waals surface area contributed by atoms with Crippen molar-refractivity contribution in [2.24, 2.45) is 0 Å². The molecule has 0 aromatic carbocycles. The molecule has 0 aliphatic rings. The molecular weight excluding hydrogens is 118 g/mol. The van der Waals surface area contributed by atoms with Gasteiger partial charge in [-0.05, 0) is 0 Å². The summed E-state index contributed by atoms with van der Waals surface area (Å²) >= 11 is 0. The second-order valence-corrected chi connectivity index (χ2v) is 1.22. The Morgan fingerprint density at radius 2 is 2.44 bits per heavy atom. The van der Waals surface area contributed by atoms with Crippen molar-refractivity contribution in [3.8, 4) is 6.07 Å². The maximum Gasteiger partial charge on any atom is 0.338 e.